The van der Waals surface area contributed by atoms with Gasteiger partial charge in [0, 0.05) is 12.1 Å². The zero-order valence-electron chi connectivity index (χ0n) is 14.7. The van der Waals surface area contributed by atoms with E-state index < -0.39 is 0 Å². The van der Waals surface area contributed by atoms with Crippen molar-refractivity contribution >= 4 is 11.8 Å². The molecule has 5 heteroatoms. The molecule has 0 unspecified atom stereocenters. The normalized spacial score (nSPS) is 11.0. The van der Waals surface area contributed by atoms with Gasteiger partial charge in [0.1, 0.15) is 5.82 Å². The molecule has 0 heterocycles. The average molecular weight is 342 g/mol. The van der Waals surface area contributed by atoms with Gasteiger partial charge in [-0.25, -0.2) is 4.39 Å². The number of amides is 2. The predicted molar refractivity (Wildman–Crippen MR) is 95.7 cm³/mol. The number of hydrogen-bond acceptors (Lipinski definition) is 2. The zero-order chi connectivity index (χ0) is 18.4. The fourth-order valence-electron chi connectivity index (χ4n) is 2.25. The highest BCUT2D eigenvalue weighted by atomic mass is 19.1. The molecule has 2 rings (SSSR count). The minimum atomic E-state index is -0.320. The van der Waals surface area contributed by atoms with Gasteiger partial charge in [-0.2, -0.15) is 0 Å². The summed E-state index contributed by atoms with van der Waals surface area (Å²) in [6, 6.07) is 13.2. The summed E-state index contributed by atoms with van der Waals surface area (Å²) in [4.78, 5) is 23.9. The Kier molecular flexibility index (Phi) is 5.91. The van der Waals surface area contributed by atoms with E-state index in [1.165, 1.54) is 12.1 Å². The highest BCUT2D eigenvalue weighted by Crippen LogP contribution is 2.22. The lowest BCUT2D eigenvalue weighted by molar-refractivity contribution is -0.120. The lowest BCUT2D eigenvalue weighted by Gasteiger charge is -2.19. The summed E-state index contributed by atoms with van der Waals surface area (Å²) < 4.78 is 12.8. The molecule has 0 atom stereocenters. The largest absolute Gasteiger partial charge is 0.350 e. The maximum Gasteiger partial charge on any atom is 0.251 e. The second-order valence-corrected chi connectivity index (χ2v) is 6.91. The first kappa shape index (κ1) is 18.6. The van der Waals surface area contributed by atoms with Gasteiger partial charge in [-0.1, -0.05) is 45.0 Å². The van der Waals surface area contributed by atoms with Crippen molar-refractivity contribution in [3.05, 3.63) is 71.0 Å². The Morgan fingerprint density at radius 1 is 0.920 bits per heavy atom. The Morgan fingerprint density at radius 2 is 1.52 bits per heavy atom. The van der Waals surface area contributed by atoms with Crippen molar-refractivity contribution < 1.29 is 14.0 Å². The van der Waals surface area contributed by atoms with Crippen LogP contribution in [-0.4, -0.2) is 18.4 Å². The van der Waals surface area contributed by atoms with Crippen LogP contribution in [0.2, 0.25) is 0 Å². The Balaban J connectivity index is 1.80. The minimum Gasteiger partial charge on any atom is -0.350 e. The number of nitrogens with one attached hydrogen (secondary N) is 2. The average Bonchev–Trinajstić information content (AvgIpc) is 2.58. The lowest BCUT2D eigenvalue weighted by atomic mass is 9.87. The summed E-state index contributed by atoms with van der Waals surface area (Å²) >= 11 is 0. The maximum absolute atomic E-state index is 12.8. The molecule has 2 N–H and O–H groups in total. The molecule has 0 aromatic heterocycles. The van der Waals surface area contributed by atoms with Crippen LogP contribution in [0.3, 0.4) is 0 Å². The van der Waals surface area contributed by atoms with Crippen LogP contribution in [0, 0.1) is 5.82 Å². The molecule has 25 heavy (non-hydrogen) atoms. The van der Waals surface area contributed by atoms with Crippen LogP contribution < -0.4 is 10.6 Å². The standard InChI is InChI=1S/C20H23FN2O2/c1-20(2,3)16-8-6-15(7-9-16)19(25)23-13-18(24)22-12-14-4-10-17(21)11-5-14/h4-11H,12-13H2,1-3H3,(H,22,24)(H,23,25). The first-order valence-electron chi connectivity index (χ1n) is 8.15. The quantitative estimate of drug-likeness (QED) is 0.877. The third kappa shape index (κ3) is 5.71. The van der Waals surface area contributed by atoms with Crippen LogP contribution in [0.1, 0.15) is 42.3 Å². The number of halogens is 1. The summed E-state index contributed by atoms with van der Waals surface area (Å²) in [6.07, 6.45) is 0. The molecular weight excluding hydrogens is 319 g/mol. The predicted octanol–water partition coefficient (Wildman–Crippen LogP) is 3.17. The Morgan fingerprint density at radius 3 is 2.08 bits per heavy atom. The first-order valence-corrected chi connectivity index (χ1v) is 8.15. The van der Waals surface area contributed by atoms with E-state index in [0.717, 1.165) is 11.1 Å². The second kappa shape index (κ2) is 7.92. The number of benzene rings is 2. The molecule has 4 nitrogen and oxygen atoms in total. The van der Waals surface area contributed by atoms with E-state index in [2.05, 4.69) is 31.4 Å². The van der Waals surface area contributed by atoms with Crippen LogP contribution in [0.5, 0.6) is 0 Å². The SMILES string of the molecule is CC(C)(C)c1ccc(C(=O)NCC(=O)NCc2ccc(F)cc2)cc1. The number of carbonyl (C=O) groups excluding carboxylic acids is 2. The molecule has 0 saturated carbocycles. The monoisotopic (exact) mass is 342 g/mol. The minimum absolute atomic E-state index is 0.0231. The molecular formula is C20H23FN2O2. The van der Waals surface area contributed by atoms with Crippen molar-refractivity contribution in [2.45, 2.75) is 32.7 Å². The summed E-state index contributed by atoms with van der Waals surface area (Å²) in [6.45, 7) is 6.49. The van der Waals surface area contributed by atoms with E-state index in [1.54, 1.807) is 24.3 Å². The van der Waals surface area contributed by atoms with Gasteiger partial charge in [0.15, 0.2) is 0 Å². The maximum atomic E-state index is 12.8. The van der Waals surface area contributed by atoms with E-state index in [-0.39, 0.29) is 36.1 Å². The lowest BCUT2D eigenvalue weighted by Crippen LogP contribution is -2.36. The van der Waals surface area contributed by atoms with Crippen molar-refractivity contribution in [3.8, 4) is 0 Å². The molecule has 0 bridgehead atoms. The number of rotatable bonds is 5. The van der Waals surface area contributed by atoms with Crippen LogP contribution in [-0.2, 0) is 16.8 Å². The molecule has 0 aliphatic rings. The van der Waals surface area contributed by atoms with E-state index >= 15 is 0 Å². The van der Waals surface area contributed by atoms with Gasteiger partial charge in [-0.15, -0.1) is 0 Å². The van der Waals surface area contributed by atoms with E-state index in [1.807, 2.05) is 12.1 Å². The Bertz CT molecular complexity index is 732. The van der Waals surface area contributed by atoms with Gasteiger partial charge < -0.3 is 10.6 Å². The number of carbonyl (C=O) groups is 2. The Labute approximate surface area is 147 Å². The van der Waals surface area contributed by atoms with Crippen molar-refractivity contribution in [2.24, 2.45) is 0 Å². The van der Waals surface area contributed by atoms with Gasteiger partial charge >= 0.3 is 0 Å². The molecule has 0 spiro atoms. The molecule has 132 valence electrons. The van der Waals surface area contributed by atoms with Crippen LogP contribution in [0.4, 0.5) is 4.39 Å². The van der Waals surface area contributed by atoms with Crippen LogP contribution in [0.15, 0.2) is 48.5 Å². The summed E-state index contributed by atoms with van der Waals surface area (Å²) in [5, 5.41) is 5.27. The molecule has 0 saturated heterocycles. The molecule has 2 aromatic rings. The third-order valence-corrected chi connectivity index (χ3v) is 3.83. The second-order valence-electron chi connectivity index (χ2n) is 6.91. The van der Waals surface area contributed by atoms with E-state index in [0.29, 0.717) is 5.56 Å². The summed E-state index contributed by atoms with van der Waals surface area (Å²) in [5.41, 5.74) is 2.47. The molecule has 0 fully saturated rings. The van der Waals surface area contributed by atoms with Gasteiger partial charge in [0.2, 0.25) is 5.91 Å². The van der Waals surface area contributed by atoms with Gasteiger partial charge in [-0.05, 0) is 40.8 Å². The zero-order valence-corrected chi connectivity index (χ0v) is 14.7. The van der Waals surface area contributed by atoms with E-state index in [9.17, 15) is 14.0 Å². The van der Waals surface area contributed by atoms with Crippen LogP contribution >= 0.6 is 0 Å². The van der Waals surface area contributed by atoms with Crippen LogP contribution in [0.25, 0.3) is 0 Å². The summed E-state index contributed by atoms with van der Waals surface area (Å²) in [5.74, 6) is -0.916. The van der Waals surface area contributed by atoms with Gasteiger partial charge in [0.05, 0.1) is 6.54 Å². The summed E-state index contributed by atoms with van der Waals surface area (Å²) in [7, 11) is 0. The molecule has 2 aromatic carbocycles. The first-order chi connectivity index (χ1) is 11.8. The van der Waals surface area contributed by atoms with Crippen molar-refractivity contribution in [2.75, 3.05) is 6.54 Å². The van der Waals surface area contributed by atoms with Crippen molar-refractivity contribution in [3.63, 3.8) is 0 Å². The third-order valence-electron chi connectivity index (χ3n) is 3.83. The molecule has 0 aliphatic carbocycles. The fourth-order valence-corrected chi connectivity index (χ4v) is 2.25. The number of hydrogen-bond donors (Lipinski definition) is 2. The van der Waals surface area contributed by atoms with Gasteiger partial charge in [0.25, 0.3) is 5.91 Å². The van der Waals surface area contributed by atoms with Gasteiger partial charge in [-0.3, -0.25) is 9.59 Å². The van der Waals surface area contributed by atoms with E-state index in [4.69, 9.17) is 0 Å². The molecule has 2 amide bonds. The fraction of sp³-hybridized carbons (Fsp3) is 0.300. The highest BCUT2D eigenvalue weighted by Gasteiger charge is 2.14. The topological polar surface area (TPSA) is 58.2 Å². The molecule has 0 radical (unpaired) electrons. The molecule has 0 aliphatic heterocycles. The smallest absolute Gasteiger partial charge is 0.251 e. The Hall–Kier alpha value is -2.69. The van der Waals surface area contributed by atoms with Crippen molar-refractivity contribution in [1.82, 2.24) is 10.6 Å². The highest BCUT2D eigenvalue weighted by molar-refractivity contribution is 5.96. The van der Waals surface area contributed by atoms with Crippen molar-refractivity contribution in [1.29, 1.82) is 0 Å².